The molecule has 0 N–H and O–H groups in total. The summed E-state index contributed by atoms with van der Waals surface area (Å²) in [5, 5.41) is 0. The van der Waals surface area contributed by atoms with Crippen LogP contribution in [0.4, 0.5) is 0 Å². The summed E-state index contributed by atoms with van der Waals surface area (Å²) in [5.74, 6) is 0. The fraction of sp³-hybridized carbons (Fsp3) is 0.833. The van der Waals surface area contributed by atoms with E-state index < -0.39 is 0 Å². The van der Waals surface area contributed by atoms with Crippen molar-refractivity contribution >= 4 is 6.29 Å². The minimum Gasteiger partial charge on any atom is -0.291 e. The fourth-order valence-corrected chi connectivity index (χ4v) is 2.27. The van der Waals surface area contributed by atoms with E-state index in [1.807, 2.05) is 6.29 Å². The second kappa shape index (κ2) is 17.4. The van der Waals surface area contributed by atoms with Crippen molar-refractivity contribution in [1.82, 2.24) is 0 Å². The molecule has 0 aromatic rings. The Labute approximate surface area is 120 Å². The Hall–Kier alpha value is -0.590. The van der Waals surface area contributed by atoms with Gasteiger partial charge in [0.15, 0.2) is 6.29 Å². The molecule has 1 radical (unpaired) electrons. The molecule has 0 aliphatic carbocycles. The average molecular weight is 265 g/mol. The molecular weight excluding hydrogens is 232 g/mol. The number of carbonyl (C=O) groups excluding carboxylic acids is 1. The Morgan fingerprint density at radius 1 is 0.684 bits per heavy atom. The highest BCUT2D eigenvalue weighted by Gasteiger charge is 1.90. The van der Waals surface area contributed by atoms with Crippen molar-refractivity contribution in [2.75, 3.05) is 0 Å². The first kappa shape index (κ1) is 18.4. The van der Waals surface area contributed by atoms with E-state index in [9.17, 15) is 4.79 Å². The lowest BCUT2D eigenvalue weighted by molar-refractivity contribution is 0.542. The van der Waals surface area contributed by atoms with Gasteiger partial charge < -0.3 is 0 Å². The quantitative estimate of drug-likeness (QED) is 0.257. The molecule has 0 aliphatic rings. The van der Waals surface area contributed by atoms with Crippen molar-refractivity contribution in [3.05, 3.63) is 12.2 Å². The van der Waals surface area contributed by atoms with Gasteiger partial charge in [0.25, 0.3) is 0 Å². The van der Waals surface area contributed by atoms with Gasteiger partial charge in [0.1, 0.15) is 0 Å². The van der Waals surface area contributed by atoms with Crippen LogP contribution in [0, 0.1) is 0 Å². The lowest BCUT2D eigenvalue weighted by atomic mass is 10.1. The van der Waals surface area contributed by atoms with Gasteiger partial charge in [-0.3, -0.25) is 4.79 Å². The summed E-state index contributed by atoms with van der Waals surface area (Å²) in [6.07, 6.45) is 24.2. The molecular formula is C18H33O. The van der Waals surface area contributed by atoms with E-state index in [1.165, 1.54) is 77.0 Å². The van der Waals surface area contributed by atoms with E-state index in [-0.39, 0.29) is 0 Å². The lowest BCUT2D eigenvalue weighted by Gasteiger charge is -1.98. The van der Waals surface area contributed by atoms with Gasteiger partial charge >= 0.3 is 0 Å². The monoisotopic (exact) mass is 265 g/mol. The molecule has 1 heteroatoms. The Morgan fingerprint density at radius 3 is 1.68 bits per heavy atom. The van der Waals surface area contributed by atoms with Crippen molar-refractivity contribution in [2.45, 2.75) is 96.8 Å². The SMILES string of the molecule is CCCCCCCC/C=C\CCCCCCC[C]=O. The summed E-state index contributed by atoms with van der Waals surface area (Å²) in [6.45, 7) is 2.27. The molecule has 0 unspecified atom stereocenters. The van der Waals surface area contributed by atoms with Gasteiger partial charge in [0, 0.05) is 6.42 Å². The van der Waals surface area contributed by atoms with Crippen molar-refractivity contribution in [1.29, 1.82) is 0 Å². The molecule has 0 bridgehead atoms. The highest BCUT2D eigenvalue weighted by Crippen LogP contribution is 2.09. The fourth-order valence-electron chi connectivity index (χ4n) is 2.27. The molecule has 0 fully saturated rings. The molecule has 0 aliphatic heterocycles. The van der Waals surface area contributed by atoms with Crippen LogP contribution in [-0.2, 0) is 4.79 Å². The van der Waals surface area contributed by atoms with Crippen LogP contribution in [0.3, 0.4) is 0 Å². The first-order chi connectivity index (χ1) is 9.41. The van der Waals surface area contributed by atoms with Crippen LogP contribution in [0.25, 0.3) is 0 Å². The second-order valence-corrected chi connectivity index (χ2v) is 5.48. The molecule has 0 saturated heterocycles. The minimum atomic E-state index is 0.623. The molecule has 0 amide bonds. The number of hydrogen-bond donors (Lipinski definition) is 0. The Bertz CT molecular complexity index is 196. The molecule has 0 atom stereocenters. The average Bonchev–Trinajstić information content (AvgIpc) is 2.43. The lowest BCUT2D eigenvalue weighted by Crippen LogP contribution is -1.80. The van der Waals surface area contributed by atoms with Crippen LogP contribution in [-0.4, -0.2) is 6.29 Å². The van der Waals surface area contributed by atoms with E-state index >= 15 is 0 Å². The summed E-state index contributed by atoms with van der Waals surface area (Å²) >= 11 is 0. The Balaban J connectivity index is 3.03. The van der Waals surface area contributed by atoms with Gasteiger partial charge in [0.05, 0.1) is 0 Å². The standard InChI is InChI=1S/C18H33O/c1-2-3-4-5-6-7-8-9-10-11-12-13-14-15-16-17-18-19/h9-10H,2-8,11-17H2,1H3/b10-9-. The highest BCUT2D eigenvalue weighted by molar-refractivity contribution is 5.50. The molecule has 1 nitrogen and oxygen atoms in total. The van der Waals surface area contributed by atoms with Crippen molar-refractivity contribution in [3.8, 4) is 0 Å². The zero-order valence-corrected chi connectivity index (χ0v) is 13.0. The van der Waals surface area contributed by atoms with Crippen LogP contribution in [0.5, 0.6) is 0 Å². The number of hydrogen-bond acceptors (Lipinski definition) is 1. The molecule has 19 heavy (non-hydrogen) atoms. The minimum absolute atomic E-state index is 0.623. The van der Waals surface area contributed by atoms with E-state index in [0.717, 1.165) is 6.42 Å². The largest absolute Gasteiger partial charge is 0.291 e. The molecule has 111 valence electrons. The molecule has 0 rings (SSSR count). The summed E-state index contributed by atoms with van der Waals surface area (Å²) in [7, 11) is 0. The number of allylic oxidation sites excluding steroid dienone is 2. The molecule has 0 saturated carbocycles. The highest BCUT2D eigenvalue weighted by atomic mass is 16.1. The zero-order valence-electron chi connectivity index (χ0n) is 13.0. The molecule has 0 heterocycles. The summed E-state index contributed by atoms with van der Waals surface area (Å²) < 4.78 is 0. The number of unbranched alkanes of at least 4 members (excludes halogenated alkanes) is 12. The molecule has 0 spiro atoms. The first-order valence-electron chi connectivity index (χ1n) is 8.41. The van der Waals surface area contributed by atoms with Crippen LogP contribution in [0.15, 0.2) is 12.2 Å². The third-order valence-electron chi connectivity index (χ3n) is 3.54. The summed E-state index contributed by atoms with van der Waals surface area (Å²) in [5.41, 5.74) is 0. The normalized spacial score (nSPS) is 11.2. The summed E-state index contributed by atoms with van der Waals surface area (Å²) in [4.78, 5) is 10.0. The van der Waals surface area contributed by atoms with Crippen LogP contribution >= 0.6 is 0 Å². The summed E-state index contributed by atoms with van der Waals surface area (Å²) in [6, 6.07) is 0. The number of rotatable bonds is 15. The van der Waals surface area contributed by atoms with Crippen LogP contribution < -0.4 is 0 Å². The van der Waals surface area contributed by atoms with Gasteiger partial charge in [-0.05, 0) is 32.1 Å². The Kier molecular flexibility index (Phi) is 16.9. The maximum Gasteiger partial charge on any atom is 0.198 e. The van der Waals surface area contributed by atoms with Gasteiger partial charge in [0.2, 0.25) is 0 Å². The van der Waals surface area contributed by atoms with Gasteiger partial charge in [-0.15, -0.1) is 0 Å². The second-order valence-electron chi connectivity index (χ2n) is 5.48. The maximum absolute atomic E-state index is 10.0. The molecule has 0 aromatic heterocycles. The topological polar surface area (TPSA) is 17.1 Å². The predicted molar refractivity (Wildman–Crippen MR) is 85.1 cm³/mol. The van der Waals surface area contributed by atoms with Crippen LogP contribution in [0.1, 0.15) is 96.8 Å². The third-order valence-corrected chi connectivity index (χ3v) is 3.54. The first-order valence-corrected chi connectivity index (χ1v) is 8.41. The van der Waals surface area contributed by atoms with Gasteiger partial charge in [-0.25, -0.2) is 0 Å². The zero-order chi connectivity index (χ0) is 14.0. The van der Waals surface area contributed by atoms with Crippen molar-refractivity contribution in [2.24, 2.45) is 0 Å². The van der Waals surface area contributed by atoms with Crippen molar-refractivity contribution in [3.63, 3.8) is 0 Å². The predicted octanol–water partition coefficient (Wildman–Crippen LogP) is 6.13. The van der Waals surface area contributed by atoms with E-state index in [1.54, 1.807) is 0 Å². The third kappa shape index (κ3) is 17.4. The maximum atomic E-state index is 10.0. The van der Waals surface area contributed by atoms with Crippen molar-refractivity contribution < 1.29 is 4.79 Å². The van der Waals surface area contributed by atoms with Crippen LogP contribution in [0.2, 0.25) is 0 Å². The Morgan fingerprint density at radius 2 is 1.16 bits per heavy atom. The van der Waals surface area contributed by atoms with E-state index in [0.29, 0.717) is 6.42 Å². The van der Waals surface area contributed by atoms with E-state index in [2.05, 4.69) is 19.1 Å². The van der Waals surface area contributed by atoms with Gasteiger partial charge in [-0.2, -0.15) is 0 Å². The molecule has 0 aromatic carbocycles. The smallest absolute Gasteiger partial charge is 0.198 e. The van der Waals surface area contributed by atoms with Gasteiger partial charge in [-0.1, -0.05) is 70.4 Å². The van der Waals surface area contributed by atoms with E-state index in [4.69, 9.17) is 0 Å².